The van der Waals surface area contributed by atoms with Crippen LogP contribution in [-0.4, -0.2) is 61.2 Å². The average Bonchev–Trinajstić information content (AvgIpc) is 2.74. The van der Waals surface area contributed by atoms with Gasteiger partial charge >= 0.3 is 0 Å². The highest BCUT2D eigenvalue weighted by atomic mass is 15.3. The van der Waals surface area contributed by atoms with Crippen molar-refractivity contribution in [3.63, 3.8) is 0 Å². The maximum Gasteiger partial charge on any atom is 0.0241 e. The monoisotopic (exact) mass is 237 g/mol. The lowest BCUT2D eigenvalue weighted by Crippen LogP contribution is -2.59. The molecule has 0 saturated carbocycles. The molecule has 0 aromatic carbocycles. The van der Waals surface area contributed by atoms with Crippen LogP contribution in [0.25, 0.3) is 0 Å². The van der Waals surface area contributed by atoms with Crippen molar-refractivity contribution in [2.24, 2.45) is 0 Å². The van der Waals surface area contributed by atoms with Crippen LogP contribution in [0.1, 0.15) is 38.5 Å². The van der Waals surface area contributed by atoms with Crippen LogP contribution in [0.5, 0.6) is 0 Å². The molecule has 0 radical (unpaired) electrons. The number of nitrogens with zero attached hydrogens (tertiary/aromatic N) is 2. The Labute approximate surface area is 106 Å². The number of hydrogen-bond donors (Lipinski definition) is 1. The van der Waals surface area contributed by atoms with Crippen LogP contribution >= 0.6 is 0 Å². The molecule has 3 nitrogen and oxygen atoms in total. The Morgan fingerprint density at radius 3 is 2.24 bits per heavy atom. The normalized spacial score (nSPS) is 44.1. The van der Waals surface area contributed by atoms with Crippen molar-refractivity contribution in [3.8, 4) is 0 Å². The Kier molecular flexibility index (Phi) is 3.42. The molecule has 3 fully saturated rings. The van der Waals surface area contributed by atoms with E-state index in [0.717, 1.165) is 24.2 Å². The van der Waals surface area contributed by atoms with E-state index in [2.05, 4.69) is 29.2 Å². The molecule has 0 amide bonds. The summed E-state index contributed by atoms with van der Waals surface area (Å²) >= 11 is 0. The SMILES string of the molecule is CNC1CC2CCCC(C1)N2C1CCN(C)C1. The smallest absolute Gasteiger partial charge is 0.0241 e. The molecule has 2 bridgehead atoms. The Morgan fingerprint density at radius 2 is 1.71 bits per heavy atom. The van der Waals surface area contributed by atoms with Crippen molar-refractivity contribution < 1.29 is 0 Å². The lowest BCUT2D eigenvalue weighted by molar-refractivity contribution is -0.00610. The van der Waals surface area contributed by atoms with Crippen LogP contribution in [0.15, 0.2) is 0 Å². The number of fused-ring (bicyclic) bond motifs is 2. The van der Waals surface area contributed by atoms with Gasteiger partial charge in [0.05, 0.1) is 0 Å². The molecule has 1 N–H and O–H groups in total. The Hall–Kier alpha value is -0.120. The molecule has 3 unspecified atom stereocenters. The van der Waals surface area contributed by atoms with Gasteiger partial charge in [-0.05, 0) is 52.7 Å². The first kappa shape index (κ1) is 11.9. The summed E-state index contributed by atoms with van der Waals surface area (Å²) in [6.07, 6.45) is 8.50. The summed E-state index contributed by atoms with van der Waals surface area (Å²) in [7, 11) is 4.41. The molecular formula is C14H27N3. The molecule has 3 heteroatoms. The fourth-order valence-electron chi connectivity index (χ4n) is 4.40. The second-order valence-corrected chi connectivity index (χ2v) is 6.35. The van der Waals surface area contributed by atoms with Crippen molar-refractivity contribution in [2.75, 3.05) is 27.2 Å². The quantitative estimate of drug-likeness (QED) is 0.781. The zero-order chi connectivity index (χ0) is 11.8. The summed E-state index contributed by atoms with van der Waals surface area (Å²) in [6.45, 7) is 2.60. The third kappa shape index (κ3) is 2.25. The molecule has 17 heavy (non-hydrogen) atoms. The van der Waals surface area contributed by atoms with Crippen LogP contribution in [0.3, 0.4) is 0 Å². The van der Waals surface area contributed by atoms with Crippen LogP contribution < -0.4 is 5.32 Å². The minimum Gasteiger partial charge on any atom is -0.317 e. The first-order chi connectivity index (χ1) is 8.28. The third-order valence-electron chi connectivity index (χ3n) is 5.23. The molecule has 3 saturated heterocycles. The van der Waals surface area contributed by atoms with Crippen LogP contribution in [-0.2, 0) is 0 Å². The number of likely N-dealkylation sites (tertiary alicyclic amines) is 1. The molecule has 3 atom stereocenters. The van der Waals surface area contributed by atoms with E-state index in [4.69, 9.17) is 0 Å². The second-order valence-electron chi connectivity index (χ2n) is 6.35. The van der Waals surface area contributed by atoms with E-state index < -0.39 is 0 Å². The lowest BCUT2D eigenvalue weighted by atomic mass is 9.80. The first-order valence-corrected chi connectivity index (χ1v) is 7.41. The highest BCUT2D eigenvalue weighted by molar-refractivity contribution is 4.99. The Balaban J connectivity index is 1.71. The fraction of sp³-hybridized carbons (Fsp3) is 1.00. The van der Waals surface area contributed by atoms with Crippen LogP contribution in [0.4, 0.5) is 0 Å². The number of piperidine rings is 2. The predicted octanol–water partition coefficient (Wildman–Crippen LogP) is 1.30. The zero-order valence-electron chi connectivity index (χ0n) is 11.4. The molecule has 0 aromatic rings. The largest absolute Gasteiger partial charge is 0.317 e. The first-order valence-electron chi connectivity index (χ1n) is 7.41. The average molecular weight is 237 g/mol. The zero-order valence-corrected chi connectivity index (χ0v) is 11.4. The van der Waals surface area contributed by atoms with Crippen molar-refractivity contribution in [2.45, 2.75) is 62.7 Å². The van der Waals surface area contributed by atoms with Gasteiger partial charge in [-0.3, -0.25) is 4.90 Å². The standard InChI is InChI=1S/C14H27N3/c1-15-11-8-12-4-3-5-13(9-11)17(12)14-6-7-16(2)10-14/h11-15H,3-10H2,1-2H3. The van der Waals surface area contributed by atoms with Gasteiger partial charge in [0.1, 0.15) is 0 Å². The minimum atomic E-state index is 0.778. The highest BCUT2D eigenvalue weighted by Crippen LogP contribution is 2.37. The van der Waals surface area contributed by atoms with Gasteiger partial charge in [-0.2, -0.15) is 0 Å². The van der Waals surface area contributed by atoms with Crippen molar-refractivity contribution in [1.82, 2.24) is 15.1 Å². The number of nitrogens with one attached hydrogen (secondary N) is 1. The molecule has 0 aromatic heterocycles. The molecule has 3 aliphatic heterocycles. The Morgan fingerprint density at radius 1 is 1.00 bits per heavy atom. The van der Waals surface area contributed by atoms with E-state index in [9.17, 15) is 0 Å². The fourth-order valence-corrected chi connectivity index (χ4v) is 4.40. The topological polar surface area (TPSA) is 18.5 Å². The van der Waals surface area contributed by atoms with Gasteiger partial charge in [0.2, 0.25) is 0 Å². The van der Waals surface area contributed by atoms with E-state index >= 15 is 0 Å². The lowest BCUT2D eigenvalue weighted by Gasteiger charge is -2.51. The second kappa shape index (κ2) is 4.87. The molecule has 0 aliphatic carbocycles. The Bertz CT molecular complexity index is 254. The van der Waals surface area contributed by atoms with Crippen molar-refractivity contribution >= 4 is 0 Å². The third-order valence-corrected chi connectivity index (χ3v) is 5.23. The number of hydrogen-bond acceptors (Lipinski definition) is 3. The predicted molar refractivity (Wildman–Crippen MR) is 71.2 cm³/mol. The van der Waals surface area contributed by atoms with Crippen LogP contribution in [0, 0.1) is 0 Å². The van der Waals surface area contributed by atoms with Gasteiger partial charge in [0.25, 0.3) is 0 Å². The molecule has 98 valence electrons. The van der Waals surface area contributed by atoms with E-state index in [0.29, 0.717) is 0 Å². The number of rotatable bonds is 2. The summed E-state index contributed by atoms with van der Waals surface area (Å²) in [5, 5.41) is 3.52. The summed E-state index contributed by atoms with van der Waals surface area (Å²) in [4.78, 5) is 5.42. The molecular weight excluding hydrogens is 210 g/mol. The van der Waals surface area contributed by atoms with Gasteiger partial charge in [-0.1, -0.05) is 6.42 Å². The molecule has 3 heterocycles. The van der Waals surface area contributed by atoms with Gasteiger partial charge < -0.3 is 10.2 Å². The minimum absolute atomic E-state index is 0.778. The van der Waals surface area contributed by atoms with Crippen molar-refractivity contribution in [1.29, 1.82) is 0 Å². The number of likely N-dealkylation sites (N-methyl/N-ethyl adjacent to an activating group) is 1. The van der Waals surface area contributed by atoms with E-state index in [-0.39, 0.29) is 0 Å². The van der Waals surface area contributed by atoms with Gasteiger partial charge in [-0.15, -0.1) is 0 Å². The van der Waals surface area contributed by atoms with E-state index in [1.165, 1.54) is 51.6 Å². The van der Waals surface area contributed by atoms with Gasteiger partial charge in [-0.25, -0.2) is 0 Å². The van der Waals surface area contributed by atoms with Gasteiger partial charge in [0.15, 0.2) is 0 Å². The van der Waals surface area contributed by atoms with Crippen LogP contribution in [0.2, 0.25) is 0 Å². The summed E-state index contributed by atoms with van der Waals surface area (Å²) < 4.78 is 0. The molecule has 3 aliphatic rings. The summed E-state index contributed by atoms with van der Waals surface area (Å²) in [5.74, 6) is 0. The summed E-state index contributed by atoms with van der Waals surface area (Å²) in [5.41, 5.74) is 0. The maximum absolute atomic E-state index is 3.52. The molecule has 3 rings (SSSR count). The molecule has 0 spiro atoms. The maximum atomic E-state index is 3.52. The van der Waals surface area contributed by atoms with Gasteiger partial charge in [0, 0.05) is 30.7 Å². The van der Waals surface area contributed by atoms with Crippen molar-refractivity contribution in [3.05, 3.63) is 0 Å². The summed E-state index contributed by atoms with van der Waals surface area (Å²) in [6, 6.07) is 3.38. The van der Waals surface area contributed by atoms with E-state index in [1.807, 2.05) is 0 Å². The van der Waals surface area contributed by atoms with E-state index in [1.54, 1.807) is 0 Å². The highest BCUT2D eigenvalue weighted by Gasteiger charge is 2.42.